The number of likely N-dealkylation sites (tertiary alicyclic amines) is 1. The smallest absolute Gasteiger partial charge is 0.408 e. The molecule has 0 aromatic heterocycles. The molecule has 1 aliphatic heterocycles. The summed E-state index contributed by atoms with van der Waals surface area (Å²) in [6.45, 7) is 7.95. The number of nitrogens with zero attached hydrogens (tertiary/aromatic N) is 1. The molecule has 2 unspecified atom stereocenters. The summed E-state index contributed by atoms with van der Waals surface area (Å²) in [6, 6.07) is 15.8. The maximum atomic E-state index is 13.5. The monoisotopic (exact) mass is 622 g/mol. The first-order valence-corrected chi connectivity index (χ1v) is 15.6. The molecule has 1 saturated heterocycles. The number of ether oxygens (including phenoxy) is 2. The lowest BCUT2D eigenvalue weighted by atomic mass is 10.0. The quantitative estimate of drug-likeness (QED) is 0.302. The molecule has 1 heterocycles. The fourth-order valence-corrected chi connectivity index (χ4v) is 5.07. The Hall–Kier alpha value is -4.41. The maximum Gasteiger partial charge on any atom is 0.408 e. The SMILES string of the molecule is CC(C)CC(NC(=O)OCc1ccccc1)C(=O)NC1CCCN(C(=O)[C@H](CC(C)C)NC(=O)OCc2ccccc2)CC1=O. The van der Waals surface area contributed by atoms with Crippen LogP contribution in [-0.2, 0) is 37.1 Å². The van der Waals surface area contributed by atoms with Crippen molar-refractivity contribution in [3.05, 3.63) is 71.8 Å². The zero-order valence-electron chi connectivity index (χ0n) is 26.6. The van der Waals surface area contributed by atoms with Crippen molar-refractivity contribution in [3.63, 3.8) is 0 Å². The van der Waals surface area contributed by atoms with Crippen molar-refractivity contribution in [2.24, 2.45) is 11.8 Å². The van der Waals surface area contributed by atoms with E-state index in [4.69, 9.17) is 9.47 Å². The molecule has 4 amide bonds. The van der Waals surface area contributed by atoms with Crippen LogP contribution in [0.15, 0.2) is 60.7 Å². The van der Waals surface area contributed by atoms with Gasteiger partial charge in [-0.1, -0.05) is 88.4 Å². The topological polar surface area (TPSA) is 143 Å². The van der Waals surface area contributed by atoms with Gasteiger partial charge in [-0.15, -0.1) is 0 Å². The van der Waals surface area contributed by atoms with Crippen molar-refractivity contribution >= 4 is 29.8 Å². The van der Waals surface area contributed by atoms with Gasteiger partial charge in [0.2, 0.25) is 11.8 Å². The number of alkyl carbamates (subject to hydrolysis) is 2. The minimum Gasteiger partial charge on any atom is -0.445 e. The van der Waals surface area contributed by atoms with Crippen LogP contribution in [0.2, 0.25) is 0 Å². The van der Waals surface area contributed by atoms with Crippen molar-refractivity contribution in [2.75, 3.05) is 13.1 Å². The van der Waals surface area contributed by atoms with E-state index in [1.54, 1.807) is 0 Å². The van der Waals surface area contributed by atoms with E-state index in [0.717, 1.165) is 11.1 Å². The lowest BCUT2D eigenvalue weighted by Crippen LogP contribution is -2.54. The number of hydrogen-bond acceptors (Lipinski definition) is 7. The highest BCUT2D eigenvalue weighted by Gasteiger charge is 2.34. The Morgan fingerprint density at radius 3 is 1.78 bits per heavy atom. The van der Waals surface area contributed by atoms with Crippen LogP contribution in [0.3, 0.4) is 0 Å². The second-order valence-corrected chi connectivity index (χ2v) is 12.2. The summed E-state index contributed by atoms with van der Waals surface area (Å²) in [5.74, 6) is -1.01. The molecular formula is C34H46N4O7. The highest BCUT2D eigenvalue weighted by Crippen LogP contribution is 2.15. The Morgan fingerprint density at radius 1 is 0.778 bits per heavy atom. The van der Waals surface area contributed by atoms with Crippen molar-refractivity contribution in [1.82, 2.24) is 20.9 Å². The van der Waals surface area contributed by atoms with Crippen LogP contribution < -0.4 is 16.0 Å². The highest BCUT2D eigenvalue weighted by molar-refractivity contribution is 5.96. The van der Waals surface area contributed by atoms with Crippen molar-refractivity contribution in [1.29, 1.82) is 0 Å². The van der Waals surface area contributed by atoms with Gasteiger partial charge >= 0.3 is 12.2 Å². The number of nitrogens with one attached hydrogen (secondary N) is 3. The molecule has 1 aliphatic rings. The summed E-state index contributed by atoms with van der Waals surface area (Å²) in [5, 5.41) is 8.11. The number of rotatable bonds is 13. The molecule has 244 valence electrons. The first kappa shape index (κ1) is 35.1. The minimum absolute atomic E-state index is 0.0606. The molecule has 0 saturated carbocycles. The summed E-state index contributed by atoms with van der Waals surface area (Å²) >= 11 is 0. The van der Waals surface area contributed by atoms with Crippen LogP contribution in [0.1, 0.15) is 64.5 Å². The van der Waals surface area contributed by atoms with Gasteiger partial charge in [0.05, 0.1) is 12.6 Å². The van der Waals surface area contributed by atoms with Crippen LogP contribution >= 0.6 is 0 Å². The Balaban J connectivity index is 1.57. The fraction of sp³-hybridized carbons (Fsp3) is 0.500. The van der Waals surface area contributed by atoms with E-state index >= 15 is 0 Å². The lowest BCUT2D eigenvalue weighted by molar-refractivity contribution is -0.137. The van der Waals surface area contributed by atoms with Crippen LogP contribution in [0, 0.1) is 11.8 Å². The molecule has 11 nitrogen and oxygen atoms in total. The third kappa shape index (κ3) is 12.2. The molecule has 2 aromatic carbocycles. The molecule has 3 rings (SSSR count). The number of hydrogen-bond donors (Lipinski definition) is 3. The average Bonchev–Trinajstić information content (AvgIpc) is 3.19. The third-order valence-corrected chi connectivity index (χ3v) is 7.32. The van der Waals surface area contributed by atoms with Gasteiger partial charge in [-0.05, 0) is 48.6 Å². The highest BCUT2D eigenvalue weighted by atomic mass is 16.6. The Kier molecular flexibility index (Phi) is 13.9. The van der Waals surface area contributed by atoms with Gasteiger partial charge < -0.3 is 30.3 Å². The number of benzene rings is 2. The zero-order chi connectivity index (χ0) is 32.8. The van der Waals surface area contributed by atoms with Gasteiger partial charge in [0.25, 0.3) is 0 Å². The molecule has 0 radical (unpaired) electrons. The Labute approximate surface area is 265 Å². The Morgan fingerprint density at radius 2 is 1.27 bits per heavy atom. The van der Waals surface area contributed by atoms with Crippen molar-refractivity contribution < 1.29 is 33.4 Å². The van der Waals surface area contributed by atoms with Crippen molar-refractivity contribution in [2.45, 2.75) is 84.7 Å². The van der Waals surface area contributed by atoms with E-state index in [1.165, 1.54) is 4.90 Å². The van der Waals surface area contributed by atoms with Gasteiger partial charge in [0.15, 0.2) is 5.78 Å². The van der Waals surface area contributed by atoms with Crippen LogP contribution in [0.25, 0.3) is 0 Å². The summed E-state index contributed by atoms with van der Waals surface area (Å²) in [7, 11) is 0. The lowest BCUT2D eigenvalue weighted by Gasteiger charge is -2.27. The van der Waals surface area contributed by atoms with E-state index in [1.807, 2.05) is 88.4 Å². The van der Waals surface area contributed by atoms with Gasteiger partial charge in [-0.3, -0.25) is 14.4 Å². The predicted octanol–water partition coefficient (Wildman–Crippen LogP) is 4.34. The molecule has 1 fully saturated rings. The number of amides is 4. The van der Waals surface area contributed by atoms with Gasteiger partial charge in [-0.25, -0.2) is 9.59 Å². The molecule has 3 atom stereocenters. The Bertz CT molecular complexity index is 1270. The zero-order valence-corrected chi connectivity index (χ0v) is 26.6. The molecule has 0 aliphatic carbocycles. The molecular weight excluding hydrogens is 576 g/mol. The van der Waals surface area contributed by atoms with Crippen LogP contribution in [0.5, 0.6) is 0 Å². The van der Waals surface area contributed by atoms with Crippen molar-refractivity contribution in [3.8, 4) is 0 Å². The van der Waals surface area contributed by atoms with Crippen LogP contribution in [-0.4, -0.2) is 65.9 Å². The largest absolute Gasteiger partial charge is 0.445 e. The van der Waals surface area contributed by atoms with Gasteiger partial charge in [0, 0.05) is 6.54 Å². The molecule has 3 N–H and O–H groups in total. The molecule has 11 heteroatoms. The number of ketones is 1. The number of carbonyl (C=O) groups is 5. The summed E-state index contributed by atoms with van der Waals surface area (Å²) in [5.41, 5.74) is 1.64. The second-order valence-electron chi connectivity index (χ2n) is 12.2. The van der Waals surface area contributed by atoms with E-state index < -0.39 is 36.2 Å². The third-order valence-electron chi connectivity index (χ3n) is 7.32. The molecule has 0 bridgehead atoms. The molecule has 0 spiro atoms. The summed E-state index contributed by atoms with van der Waals surface area (Å²) < 4.78 is 10.6. The van der Waals surface area contributed by atoms with Crippen LogP contribution in [0.4, 0.5) is 9.59 Å². The summed E-state index contributed by atoms with van der Waals surface area (Å²) in [6.07, 6.45) is 0.0808. The molecule has 45 heavy (non-hydrogen) atoms. The molecule has 2 aromatic rings. The van der Waals surface area contributed by atoms with E-state index in [9.17, 15) is 24.0 Å². The first-order valence-electron chi connectivity index (χ1n) is 15.6. The van der Waals surface area contributed by atoms with E-state index in [0.29, 0.717) is 32.2 Å². The normalized spacial score (nSPS) is 16.4. The first-order chi connectivity index (χ1) is 21.5. The predicted molar refractivity (Wildman–Crippen MR) is 169 cm³/mol. The summed E-state index contributed by atoms with van der Waals surface area (Å²) in [4.78, 5) is 66.6. The van der Waals surface area contributed by atoms with E-state index in [2.05, 4.69) is 16.0 Å². The standard InChI is InChI=1S/C34H46N4O7/c1-23(2)18-28(36-33(42)44-21-25-12-7-5-8-13-25)31(40)35-27-16-11-17-38(20-30(27)39)32(41)29(19-24(3)4)37-34(43)45-22-26-14-9-6-10-15-26/h5-10,12-15,23-24,27-29H,11,16-22H2,1-4H3,(H,35,40)(H,36,42)(H,37,43)/t27?,28?,29-/m0/s1. The average molecular weight is 623 g/mol. The van der Waals surface area contributed by atoms with Gasteiger partial charge in [-0.2, -0.15) is 0 Å². The van der Waals surface area contributed by atoms with E-state index in [-0.39, 0.29) is 43.3 Å². The minimum atomic E-state index is -0.899. The number of Topliss-reactive ketones (excluding diaryl/α,β-unsaturated/α-hetero) is 1. The second kappa shape index (κ2) is 17.8. The number of carbonyl (C=O) groups excluding carboxylic acids is 5. The fourth-order valence-electron chi connectivity index (χ4n) is 5.07. The maximum absolute atomic E-state index is 13.5. The van der Waals surface area contributed by atoms with Gasteiger partial charge in [0.1, 0.15) is 25.3 Å².